The van der Waals surface area contributed by atoms with Crippen LogP contribution in [0.2, 0.25) is 0 Å². The normalized spacial score (nSPS) is 16.6. The van der Waals surface area contributed by atoms with Gasteiger partial charge in [0.05, 0.1) is 0 Å². The topological polar surface area (TPSA) is 86.2 Å². The predicted octanol–water partition coefficient (Wildman–Crippen LogP) is 1.48. The molecule has 0 amide bonds. The first-order valence-corrected chi connectivity index (χ1v) is 7.85. The molecule has 1 atom stereocenters. The summed E-state index contributed by atoms with van der Waals surface area (Å²) in [5.74, 6) is 1.91. The van der Waals surface area contributed by atoms with Gasteiger partial charge < -0.3 is 20.6 Å². The molecule has 2 rings (SSSR count). The zero-order valence-electron chi connectivity index (χ0n) is 13.0. The maximum Gasteiger partial charge on any atom is 0.231 e. The zero-order valence-corrected chi connectivity index (χ0v) is 13.0. The van der Waals surface area contributed by atoms with Crippen LogP contribution in [0.3, 0.4) is 0 Å². The summed E-state index contributed by atoms with van der Waals surface area (Å²) in [6.45, 7) is 6.95. The van der Waals surface area contributed by atoms with Gasteiger partial charge in [-0.3, -0.25) is 0 Å². The van der Waals surface area contributed by atoms with Gasteiger partial charge in [0.2, 0.25) is 17.8 Å². The second-order valence-electron chi connectivity index (χ2n) is 5.42. The van der Waals surface area contributed by atoms with E-state index >= 15 is 0 Å². The average molecular weight is 294 g/mol. The first-order chi connectivity index (χ1) is 10.2. The Morgan fingerprint density at radius 3 is 2.52 bits per heavy atom. The number of aliphatic hydroxyl groups is 1. The molecule has 0 saturated carbocycles. The minimum atomic E-state index is 0.126. The molecule has 1 unspecified atom stereocenters. The van der Waals surface area contributed by atoms with Crippen LogP contribution in [0.15, 0.2) is 0 Å². The summed E-state index contributed by atoms with van der Waals surface area (Å²) in [5.41, 5.74) is 0. The molecule has 1 aliphatic heterocycles. The van der Waals surface area contributed by atoms with Crippen molar-refractivity contribution in [3.05, 3.63) is 0 Å². The van der Waals surface area contributed by atoms with Crippen LogP contribution in [0.5, 0.6) is 0 Å². The van der Waals surface area contributed by atoms with E-state index in [0.29, 0.717) is 18.3 Å². The highest BCUT2D eigenvalue weighted by atomic mass is 16.3. The minimum absolute atomic E-state index is 0.126. The van der Waals surface area contributed by atoms with Gasteiger partial charge in [-0.15, -0.1) is 0 Å². The van der Waals surface area contributed by atoms with Crippen molar-refractivity contribution in [3.63, 3.8) is 0 Å². The Morgan fingerprint density at radius 1 is 1.14 bits per heavy atom. The molecule has 7 nitrogen and oxygen atoms in total. The van der Waals surface area contributed by atoms with Crippen LogP contribution >= 0.6 is 0 Å². The van der Waals surface area contributed by atoms with Gasteiger partial charge in [0, 0.05) is 32.3 Å². The van der Waals surface area contributed by atoms with E-state index in [1.807, 2.05) is 13.8 Å². The standard InChI is InChI=1S/C14H26N6O/c1-3-15-12-17-13(16-11(2)7-10-21)19-14(18-12)20-8-5-4-6-9-20/h11,21H,3-10H2,1-2H3,(H2,15,16,17,18,19). The van der Waals surface area contributed by atoms with Crippen LogP contribution < -0.4 is 15.5 Å². The lowest BCUT2D eigenvalue weighted by molar-refractivity contribution is 0.282. The number of aliphatic hydroxyl groups excluding tert-OH is 1. The molecular weight excluding hydrogens is 268 g/mol. The van der Waals surface area contributed by atoms with Crippen LogP contribution in [-0.2, 0) is 0 Å². The fraction of sp³-hybridized carbons (Fsp3) is 0.786. The van der Waals surface area contributed by atoms with Crippen molar-refractivity contribution in [1.29, 1.82) is 0 Å². The van der Waals surface area contributed by atoms with Crippen LogP contribution in [0.4, 0.5) is 17.8 Å². The largest absolute Gasteiger partial charge is 0.396 e. The fourth-order valence-corrected chi connectivity index (χ4v) is 2.39. The summed E-state index contributed by atoms with van der Waals surface area (Å²) in [5, 5.41) is 15.4. The van der Waals surface area contributed by atoms with Crippen molar-refractivity contribution in [1.82, 2.24) is 15.0 Å². The van der Waals surface area contributed by atoms with Gasteiger partial charge in [-0.2, -0.15) is 15.0 Å². The van der Waals surface area contributed by atoms with E-state index in [2.05, 4.69) is 30.5 Å². The molecule has 0 aliphatic carbocycles. The maximum atomic E-state index is 9.00. The Balaban J connectivity index is 2.16. The van der Waals surface area contributed by atoms with Crippen molar-refractivity contribution in [3.8, 4) is 0 Å². The second-order valence-corrected chi connectivity index (χ2v) is 5.42. The molecule has 0 spiro atoms. The summed E-state index contributed by atoms with van der Waals surface area (Å²) in [6.07, 6.45) is 4.32. The number of aromatic nitrogens is 3. The Labute approximate surface area is 126 Å². The molecule has 21 heavy (non-hydrogen) atoms. The first kappa shape index (κ1) is 15.8. The number of nitrogens with zero attached hydrogens (tertiary/aromatic N) is 4. The summed E-state index contributed by atoms with van der Waals surface area (Å²) >= 11 is 0. The van der Waals surface area contributed by atoms with E-state index in [0.717, 1.165) is 25.6 Å². The smallest absolute Gasteiger partial charge is 0.231 e. The highest BCUT2D eigenvalue weighted by Crippen LogP contribution is 2.19. The molecule has 1 aromatic rings. The molecule has 0 bridgehead atoms. The summed E-state index contributed by atoms with van der Waals surface area (Å²) in [7, 11) is 0. The molecule has 118 valence electrons. The predicted molar refractivity (Wildman–Crippen MR) is 84.8 cm³/mol. The summed E-state index contributed by atoms with van der Waals surface area (Å²) < 4.78 is 0. The number of piperidine rings is 1. The number of hydrogen-bond acceptors (Lipinski definition) is 7. The van der Waals surface area contributed by atoms with Crippen molar-refractivity contribution in [2.24, 2.45) is 0 Å². The van der Waals surface area contributed by atoms with E-state index in [4.69, 9.17) is 5.11 Å². The lowest BCUT2D eigenvalue weighted by Crippen LogP contribution is -2.32. The quantitative estimate of drug-likeness (QED) is 0.702. The zero-order chi connectivity index (χ0) is 15.1. The van der Waals surface area contributed by atoms with E-state index in [-0.39, 0.29) is 12.6 Å². The van der Waals surface area contributed by atoms with Gasteiger partial charge in [-0.25, -0.2) is 0 Å². The van der Waals surface area contributed by atoms with Crippen LogP contribution in [-0.4, -0.2) is 52.3 Å². The Morgan fingerprint density at radius 2 is 1.86 bits per heavy atom. The number of anilines is 3. The Hall–Kier alpha value is -1.63. The van der Waals surface area contributed by atoms with Gasteiger partial charge in [-0.05, 0) is 39.5 Å². The highest BCUT2D eigenvalue weighted by molar-refractivity contribution is 5.44. The van der Waals surface area contributed by atoms with Gasteiger partial charge >= 0.3 is 0 Å². The molecule has 1 aromatic heterocycles. The number of hydrogen-bond donors (Lipinski definition) is 3. The van der Waals surface area contributed by atoms with E-state index in [1.165, 1.54) is 19.3 Å². The van der Waals surface area contributed by atoms with Gasteiger partial charge in [0.25, 0.3) is 0 Å². The molecular formula is C14H26N6O. The van der Waals surface area contributed by atoms with Crippen molar-refractivity contribution < 1.29 is 5.11 Å². The third kappa shape index (κ3) is 4.70. The summed E-state index contributed by atoms with van der Waals surface area (Å²) in [4.78, 5) is 15.6. The van der Waals surface area contributed by atoms with Crippen molar-refractivity contribution in [2.45, 2.75) is 45.6 Å². The Bertz CT molecular complexity index is 435. The summed E-state index contributed by atoms with van der Waals surface area (Å²) in [6, 6.07) is 0.126. The fourth-order valence-electron chi connectivity index (χ4n) is 2.39. The maximum absolute atomic E-state index is 9.00. The number of nitrogens with one attached hydrogen (secondary N) is 2. The molecule has 2 heterocycles. The van der Waals surface area contributed by atoms with Crippen molar-refractivity contribution in [2.75, 3.05) is 41.8 Å². The minimum Gasteiger partial charge on any atom is -0.396 e. The molecule has 1 aliphatic rings. The van der Waals surface area contributed by atoms with Crippen LogP contribution in [0.1, 0.15) is 39.5 Å². The van der Waals surface area contributed by atoms with E-state index < -0.39 is 0 Å². The molecule has 7 heteroatoms. The monoisotopic (exact) mass is 294 g/mol. The average Bonchev–Trinajstić information content (AvgIpc) is 2.48. The first-order valence-electron chi connectivity index (χ1n) is 7.85. The van der Waals surface area contributed by atoms with Gasteiger partial charge in [-0.1, -0.05) is 0 Å². The van der Waals surface area contributed by atoms with Crippen molar-refractivity contribution >= 4 is 17.8 Å². The van der Waals surface area contributed by atoms with Gasteiger partial charge in [0.1, 0.15) is 0 Å². The third-order valence-electron chi connectivity index (χ3n) is 3.54. The van der Waals surface area contributed by atoms with Gasteiger partial charge in [0.15, 0.2) is 0 Å². The van der Waals surface area contributed by atoms with Crippen LogP contribution in [0, 0.1) is 0 Å². The molecule has 0 aromatic carbocycles. The van der Waals surface area contributed by atoms with E-state index in [1.54, 1.807) is 0 Å². The SMILES string of the molecule is CCNc1nc(NC(C)CCO)nc(N2CCCCC2)n1. The molecule has 1 saturated heterocycles. The molecule has 1 fully saturated rings. The molecule has 0 radical (unpaired) electrons. The third-order valence-corrected chi connectivity index (χ3v) is 3.54. The molecule has 3 N–H and O–H groups in total. The number of rotatable bonds is 7. The Kier molecular flexibility index (Phi) is 5.98. The highest BCUT2D eigenvalue weighted by Gasteiger charge is 2.16. The second kappa shape index (κ2) is 7.97. The lowest BCUT2D eigenvalue weighted by atomic mass is 10.1. The lowest BCUT2D eigenvalue weighted by Gasteiger charge is -2.27. The van der Waals surface area contributed by atoms with E-state index in [9.17, 15) is 0 Å². The van der Waals surface area contributed by atoms with Crippen LogP contribution in [0.25, 0.3) is 0 Å².